The average Bonchev–Trinajstić information content (AvgIpc) is 3.86. The molecule has 14 heteroatoms. The summed E-state index contributed by atoms with van der Waals surface area (Å²) in [4.78, 5) is 55.5. The molecule has 274 valence electrons. The van der Waals surface area contributed by atoms with Crippen LogP contribution in [0.4, 0.5) is 0 Å². The largest absolute Gasteiger partial charge is 0.472 e. The van der Waals surface area contributed by atoms with E-state index in [-0.39, 0.29) is 30.4 Å². The number of hydrogen-bond acceptors (Lipinski definition) is 14. The number of esters is 4. The van der Waals surface area contributed by atoms with E-state index in [0.717, 1.165) is 0 Å². The van der Waals surface area contributed by atoms with Gasteiger partial charge in [-0.05, 0) is 37.1 Å². The van der Waals surface area contributed by atoms with Crippen molar-refractivity contribution in [2.24, 2.45) is 22.7 Å². The Morgan fingerprint density at radius 1 is 0.981 bits per heavy atom. The molecule has 8 aliphatic rings. The van der Waals surface area contributed by atoms with Crippen molar-refractivity contribution in [3.05, 3.63) is 71.7 Å². The minimum atomic E-state index is -2.47. The third-order valence-corrected chi connectivity index (χ3v) is 13.9. The Kier molecular flexibility index (Phi) is 5.85. The van der Waals surface area contributed by atoms with Crippen LogP contribution in [0, 0.1) is 22.7 Å². The van der Waals surface area contributed by atoms with Gasteiger partial charge in [0.25, 0.3) is 5.97 Å². The summed E-state index contributed by atoms with van der Waals surface area (Å²) in [6.07, 6.45) is -2.25. The molecule has 10 rings (SSSR count). The van der Waals surface area contributed by atoms with Gasteiger partial charge in [-0.25, -0.2) is 9.59 Å². The Balaban J connectivity index is 1.31. The molecule has 0 radical (unpaired) electrons. The number of carbonyl (C=O) groups excluding carboxylic acids is 4. The normalized spacial score (nSPS) is 49.8. The molecule has 2 unspecified atom stereocenters. The average molecular weight is 719 g/mol. The van der Waals surface area contributed by atoms with Gasteiger partial charge in [-0.2, -0.15) is 0 Å². The maximum Gasteiger partial charge on any atom is 0.338 e. The first-order valence-corrected chi connectivity index (χ1v) is 17.6. The first kappa shape index (κ1) is 32.6. The molecule has 1 aromatic heterocycles. The van der Waals surface area contributed by atoms with Crippen molar-refractivity contribution in [1.29, 1.82) is 0 Å². The highest BCUT2D eigenvalue weighted by atomic mass is 16.9. The number of rotatable bonds is 5. The summed E-state index contributed by atoms with van der Waals surface area (Å²) >= 11 is 0. The number of hydrogen-bond donors (Lipinski definition) is 2. The molecule has 4 aliphatic carbocycles. The summed E-state index contributed by atoms with van der Waals surface area (Å²) in [6.45, 7) is 8.20. The van der Waals surface area contributed by atoms with Crippen LogP contribution < -0.4 is 0 Å². The second-order valence-electron chi connectivity index (χ2n) is 16.6. The quantitative estimate of drug-likeness (QED) is 0.340. The van der Waals surface area contributed by atoms with E-state index < -0.39 is 105 Å². The van der Waals surface area contributed by atoms with Crippen molar-refractivity contribution < 1.29 is 67.0 Å². The van der Waals surface area contributed by atoms with E-state index in [0.29, 0.717) is 5.56 Å². The number of aliphatic hydroxyl groups is 2. The van der Waals surface area contributed by atoms with Crippen LogP contribution in [-0.4, -0.2) is 86.4 Å². The van der Waals surface area contributed by atoms with Crippen molar-refractivity contribution in [1.82, 2.24) is 0 Å². The second kappa shape index (κ2) is 9.34. The molecular formula is C38H38O14. The van der Waals surface area contributed by atoms with Gasteiger partial charge < -0.3 is 47.8 Å². The van der Waals surface area contributed by atoms with Crippen LogP contribution in [0.5, 0.6) is 0 Å². The standard InChI is InChI=1S/C38H38O14/c1-18(2)27(41)48-30-36(44)29(43)31(3)17-35(36)38(21(31)13-25(40)49-38)34-15-23(46-28(42)19-9-7-6-8-10-19)32(4)22(37(30,34)52-33(5,50-34)51-35)14-24(39)47-26(32)20-11-12-45-16-20/h6-12,14,16,18,21,23,26,29-30,43-44H,13,15,17H2,1-5H3/t21-,23-,26-,29-,30+,31+,32-,33?,34+,35?,36+,37+,38-/m0/s1. The third-order valence-electron chi connectivity index (χ3n) is 13.9. The van der Waals surface area contributed by atoms with Crippen LogP contribution in [-0.2, 0) is 47.5 Å². The lowest BCUT2D eigenvalue weighted by molar-refractivity contribution is -0.482. The predicted octanol–water partition coefficient (Wildman–Crippen LogP) is 2.81. The van der Waals surface area contributed by atoms with E-state index in [1.165, 1.54) is 25.5 Å². The Morgan fingerprint density at radius 2 is 1.71 bits per heavy atom. The number of cyclic esters (lactones) is 1. The van der Waals surface area contributed by atoms with Gasteiger partial charge in [0, 0.05) is 36.3 Å². The lowest BCUT2D eigenvalue weighted by Crippen LogP contribution is -2.96. The first-order valence-electron chi connectivity index (χ1n) is 17.6. The summed E-state index contributed by atoms with van der Waals surface area (Å²) in [6, 6.07) is 9.98. The van der Waals surface area contributed by atoms with E-state index in [9.17, 15) is 29.4 Å². The molecule has 5 heterocycles. The van der Waals surface area contributed by atoms with Gasteiger partial charge in [0.2, 0.25) is 0 Å². The van der Waals surface area contributed by atoms with Gasteiger partial charge in [0.15, 0.2) is 34.1 Å². The van der Waals surface area contributed by atoms with Crippen LogP contribution >= 0.6 is 0 Å². The Hall–Kier alpha value is -4.08. The number of furan rings is 1. The Bertz CT molecular complexity index is 2010. The summed E-state index contributed by atoms with van der Waals surface area (Å²) in [5.74, 6) is -6.42. The fourth-order valence-electron chi connectivity index (χ4n) is 12.2. The molecule has 0 amide bonds. The molecule has 4 aliphatic heterocycles. The molecular weight excluding hydrogens is 680 g/mol. The van der Waals surface area contributed by atoms with Gasteiger partial charge in [-0.15, -0.1) is 0 Å². The van der Waals surface area contributed by atoms with Crippen LogP contribution in [0.3, 0.4) is 0 Å². The maximum absolute atomic E-state index is 14.1. The minimum Gasteiger partial charge on any atom is -0.472 e. The summed E-state index contributed by atoms with van der Waals surface area (Å²) in [7, 11) is 0. The summed E-state index contributed by atoms with van der Waals surface area (Å²) in [5.41, 5.74) is -12.4. The zero-order chi connectivity index (χ0) is 36.6. The third kappa shape index (κ3) is 3.10. The monoisotopic (exact) mass is 718 g/mol. The van der Waals surface area contributed by atoms with Crippen molar-refractivity contribution >= 4 is 23.9 Å². The Morgan fingerprint density at radius 3 is 2.40 bits per heavy atom. The molecule has 4 bridgehead atoms. The van der Waals surface area contributed by atoms with Gasteiger partial charge in [-0.1, -0.05) is 39.0 Å². The number of fused-ring (bicyclic) bond motifs is 4. The number of ether oxygens (including phenoxy) is 7. The number of benzene rings is 1. The molecule has 13 atom stereocenters. The molecule has 52 heavy (non-hydrogen) atoms. The topological polar surface area (TPSA) is 186 Å². The van der Waals surface area contributed by atoms with E-state index >= 15 is 0 Å². The molecule has 3 spiro atoms. The van der Waals surface area contributed by atoms with Crippen molar-refractivity contribution in [3.63, 3.8) is 0 Å². The lowest BCUT2D eigenvalue weighted by Gasteiger charge is -2.74. The smallest absolute Gasteiger partial charge is 0.338 e. The zero-order valence-electron chi connectivity index (χ0n) is 29.1. The van der Waals surface area contributed by atoms with Gasteiger partial charge in [0.05, 0.1) is 41.9 Å². The van der Waals surface area contributed by atoms with Gasteiger partial charge >= 0.3 is 23.9 Å². The predicted molar refractivity (Wildman–Crippen MR) is 169 cm³/mol. The fourth-order valence-corrected chi connectivity index (χ4v) is 12.2. The molecule has 7 fully saturated rings. The maximum atomic E-state index is 14.1. The van der Waals surface area contributed by atoms with E-state index in [1.807, 2.05) is 0 Å². The van der Waals surface area contributed by atoms with E-state index in [4.69, 9.17) is 37.6 Å². The fraction of sp³-hybridized carbons (Fsp3) is 0.579. The minimum absolute atomic E-state index is 0.0179. The second-order valence-corrected chi connectivity index (χ2v) is 16.6. The molecule has 2 aromatic rings. The van der Waals surface area contributed by atoms with Crippen molar-refractivity contribution in [2.75, 3.05) is 0 Å². The molecule has 3 saturated heterocycles. The highest BCUT2D eigenvalue weighted by Crippen LogP contribution is 2.88. The lowest BCUT2D eigenvalue weighted by atomic mass is 9.38. The van der Waals surface area contributed by atoms with Crippen molar-refractivity contribution in [2.45, 2.75) is 112 Å². The highest BCUT2D eigenvalue weighted by molar-refractivity contribution is 5.90. The van der Waals surface area contributed by atoms with E-state index in [1.54, 1.807) is 64.1 Å². The molecule has 2 N–H and O–H groups in total. The molecule has 1 aromatic carbocycles. The van der Waals surface area contributed by atoms with Crippen LogP contribution in [0.25, 0.3) is 0 Å². The van der Waals surface area contributed by atoms with Gasteiger partial charge in [-0.3, -0.25) is 9.59 Å². The highest BCUT2D eigenvalue weighted by Gasteiger charge is 3.07. The number of aliphatic hydroxyl groups excluding tert-OH is 1. The van der Waals surface area contributed by atoms with Crippen LogP contribution in [0.15, 0.2) is 65.0 Å². The molecule has 14 nitrogen and oxygen atoms in total. The van der Waals surface area contributed by atoms with Crippen LogP contribution in [0.2, 0.25) is 0 Å². The SMILES string of the molecule is CC(C)C(=O)O[C@@H]1[C@]2(O)[C@@H](O)[C@]3(C)CC24OC2(C)O[C@@]5(C[C@H](OC(=O)c6ccccc6)[C@]6(C)C(=CC(=O)O[C@H]6c6ccoc6)[C@@]15O2)[C@]41OC(=O)C[C@@H]31. The Labute approximate surface area is 297 Å². The van der Waals surface area contributed by atoms with E-state index in [2.05, 4.69) is 0 Å². The molecule has 4 saturated carbocycles. The van der Waals surface area contributed by atoms with Crippen LogP contribution in [0.1, 0.15) is 75.9 Å². The zero-order valence-corrected chi connectivity index (χ0v) is 29.1. The first-order chi connectivity index (χ1) is 24.5. The van der Waals surface area contributed by atoms with Crippen molar-refractivity contribution in [3.8, 4) is 0 Å². The summed E-state index contributed by atoms with van der Waals surface area (Å²) in [5, 5.41) is 25.9. The number of carbonyl (C=O) groups is 4. The summed E-state index contributed by atoms with van der Waals surface area (Å²) < 4.78 is 51.7. The van der Waals surface area contributed by atoms with Gasteiger partial charge in [0.1, 0.15) is 12.2 Å².